The molecule has 0 radical (unpaired) electrons. The summed E-state index contributed by atoms with van der Waals surface area (Å²) in [5.74, 6) is -0.0220. The molecule has 0 heterocycles. The molecule has 0 unspecified atom stereocenters. The van der Waals surface area contributed by atoms with Gasteiger partial charge in [-0.25, -0.2) is 0 Å². The van der Waals surface area contributed by atoms with Gasteiger partial charge in [0.1, 0.15) is 0 Å². The van der Waals surface area contributed by atoms with E-state index in [9.17, 15) is 4.79 Å². The lowest BCUT2D eigenvalue weighted by Gasteiger charge is -2.09. The monoisotopic (exact) mass is 272 g/mol. The normalized spacial score (nSPS) is 10.2. The predicted molar refractivity (Wildman–Crippen MR) is 81.4 cm³/mol. The van der Waals surface area contributed by atoms with Crippen molar-refractivity contribution in [2.24, 2.45) is 0 Å². The molecule has 2 aromatic carbocycles. The summed E-state index contributed by atoms with van der Waals surface area (Å²) in [5.41, 5.74) is 8.13. The summed E-state index contributed by atoms with van der Waals surface area (Å²) in [6.07, 6.45) is 2.34. The van der Waals surface area contributed by atoms with E-state index in [4.69, 9.17) is 5.73 Å². The maximum Gasteiger partial charge on any atom is 0.228 e. The predicted octanol–water partition coefficient (Wildman–Crippen LogP) is 3.17. The van der Waals surface area contributed by atoms with Gasteiger partial charge < -0.3 is 11.1 Å². The van der Waals surface area contributed by atoms with Crippen LogP contribution >= 0.6 is 11.8 Å². The van der Waals surface area contributed by atoms with Crippen LogP contribution < -0.4 is 11.1 Å². The first-order valence-corrected chi connectivity index (χ1v) is 7.19. The first-order chi connectivity index (χ1) is 9.19. The number of amides is 1. The van der Waals surface area contributed by atoms with Crippen LogP contribution in [0.5, 0.6) is 0 Å². The van der Waals surface area contributed by atoms with E-state index in [-0.39, 0.29) is 5.91 Å². The Morgan fingerprint density at radius 1 is 1.16 bits per heavy atom. The van der Waals surface area contributed by atoms with Gasteiger partial charge in [-0.2, -0.15) is 0 Å². The summed E-state index contributed by atoms with van der Waals surface area (Å²) < 4.78 is 0. The summed E-state index contributed by atoms with van der Waals surface area (Å²) in [6.45, 7) is 0. The maximum atomic E-state index is 12.0. The average Bonchev–Trinajstić information content (AvgIpc) is 2.42. The highest BCUT2D eigenvalue weighted by molar-refractivity contribution is 7.98. The molecule has 0 fully saturated rings. The Morgan fingerprint density at radius 3 is 2.53 bits per heavy atom. The fourth-order valence-electron chi connectivity index (χ4n) is 1.76. The topological polar surface area (TPSA) is 55.1 Å². The number of anilines is 2. The van der Waals surface area contributed by atoms with Crippen molar-refractivity contribution < 1.29 is 4.79 Å². The van der Waals surface area contributed by atoms with E-state index in [0.29, 0.717) is 12.1 Å². The molecule has 0 spiro atoms. The minimum Gasteiger partial charge on any atom is -0.399 e. The molecule has 2 aromatic rings. The molecular formula is C15H16N2OS. The highest BCUT2D eigenvalue weighted by Gasteiger charge is 2.06. The number of benzene rings is 2. The standard InChI is InChI=1S/C15H16N2OS/c1-19-14-5-3-2-4-13(14)17-15(18)10-11-6-8-12(16)9-7-11/h2-9H,10,16H2,1H3,(H,17,18). The van der Waals surface area contributed by atoms with E-state index in [1.807, 2.05) is 42.7 Å². The van der Waals surface area contributed by atoms with Gasteiger partial charge in [-0.1, -0.05) is 24.3 Å². The van der Waals surface area contributed by atoms with Gasteiger partial charge in [-0.05, 0) is 36.1 Å². The Labute approximate surface area is 117 Å². The van der Waals surface area contributed by atoms with Gasteiger partial charge in [-0.15, -0.1) is 11.8 Å². The van der Waals surface area contributed by atoms with Crippen LogP contribution in [0.3, 0.4) is 0 Å². The van der Waals surface area contributed by atoms with Crippen molar-refractivity contribution in [2.45, 2.75) is 11.3 Å². The van der Waals surface area contributed by atoms with Crippen LogP contribution in [0.2, 0.25) is 0 Å². The molecule has 0 saturated heterocycles. The van der Waals surface area contributed by atoms with Crippen LogP contribution in [0.15, 0.2) is 53.4 Å². The lowest BCUT2D eigenvalue weighted by Crippen LogP contribution is -2.14. The zero-order valence-corrected chi connectivity index (χ0v) is 11.5. The number of nitrogens with two attached hydrogens (primary N) is 1. The maximum absolute atomic E-state index is 12.0. The van der Waals surface area contributed by atoms with E-state index in [1.165, 1.54) is 0 Å². The van der Waals surface area contributed by atoms with Crippen LogP contribution in [0.4, 0.5) is 11.4 Å². The number of hydrogen-bond acceptors (Lipinski definition) is 3. The molecule has 0 aliphatic rings. The van der Waals surface area contributed by atoms with Crippen molar-refractivity contribution in [3.63, 3.8) is 0 Å². The molecule has 0 atom stereocenters. The van der Waals surface area contributed by atoms with Crippen molar-refractivity contribution in [3.05, 3.63) is 54.1 Å². The molecule has 0 aromatic heterocycles. The Morgan fingerprint density at radius 2 is 1.84 bits per heavy atom. The number of thioether (sulfide) groups is 1. The number of hydrogen-bond donors (Lipinski definition) is 2. The molecular weight excluding hydrogens is 256 g/mol. The Bertz CT molecular complexity index is 567. The molecule has 2 rings (SSSR count). The second-order valence-electron chi connectivity index (χ2n) is 4.17. The minimum atomic E-state index is -0.0220. The van der Waals surface area contributed by atoms with Gasteiger partial charge in [0.05, 0.1) is 12.1 Å². The van der Waals surface area contributed by atoms with Crippen molar-refractivity contribution in [1.82, 2.24) is 0 Å². The quantitative estimate of drug-likeness (QED) is 0.664. The molecule has 4 heteroatoms. The molecule has 0 aliphatic carbocycles. The van der Waals surface area contributed by atoms with Crippen molar-refractivity contribution in [3.8, 4) is 0 Å². The summed E-state index contributed by atoms with van der Waals surface area (Å²) in [7, 11) is 0. The van der Waals surface area contributed by atoms with Gasteiger partial charge in [0.2, 0.25) is 5.91 Å². The van der Waals surface area contributed by atoms with Crippen LogP contribution in [-0.2, 0) is 11.2 Å². The van der Waals surface area contributed by atoms with Crippen LogP contribution in [0.25, 0.3) is 0 Å². The molecule has 98 valence electrons. The highest BCUT2D eigenvalue weighted by Crippen LogP contribution is 2.24. The first kappa shape index (κ1) is 13.5. The lowest BCUT2D eigenvalue weighted by molar-refractivity contribution is -0.115. The van der Waals surface area contributed by atoms with Gasteiger partial charge in [-0.3, -0.25) is 4.79 Å². The average molecular weight is 272 g/mol. The SMILES string of the molecule is CSc1ccccc1NC(=O)Cc1ccc(N)cc1. The number of nitrogen functional groups attached to an aromatic ring is 1. The number of para-hydroxylation sites is 1. The zero-order chi connectivity index (χ0) is 13.7. The Kier molecular flexibility index (Phi) is 4.47. The Balaban J connectivity index is 2.03. The summed E-state index contributed by atoms with van der Waals surface area (Å²) in [6, 6.07) is 15.1. The van der Waals surface area contributed by atoms with Crippen molar-refractivity contribution in [1.29, 1.82) is 0 Å². The van der Waals surface area contributed by atoms with E-state index >= 15 is 0 Å². The first-order valence-electron chi connectivity index (χ1n) is 5.96. The van der Waals surface area contributed by atoms with Gasteiger partial charge in [0, 0.05) is 10.6 Å². The molecule has 1 amide bonds. The number of nitrogens with one attached hydrogen (secondary N) is 1. The van der Waals surface area contributed by atoms with Gasteiger partial charge in [0.15, 0.2) is 0 Å². The smallest absolute Gasteiger partial charge is 0.228 e. The van der Waals surface area contributed by atoms with Crippen LogP contribution in [0, 0.1) is 0 Å². The van der Waals surface area contributed by atoms with Crippen molar-refractivity contribution >= 4 is 29.0 Å². The van der Waals surface area contributed by atoms with Crippen molar-refractivity contribution in [2.75, 3.05) is 17.3 Å². The second kappa shape index (κ2) is 6.29. The van der Waals surface area contributed by atoms with E-state index < -0.39 is 0 Å². The fourth-order valence-corrected chi connectivity index (χ4v) is 2.32. The molecule has 0 bridgehead atoms. The highest BCUT2D eigenvalue weighted by atomic mass is 32.2. The largest absolute Gasteiger partial charge is 0.399 e. The number of carbonyl (C=O) groups excluding carboxylic acids is 1. The molecule has 19 heavy (non-hydrogen) atoms. The third-order valence-electron chi connectivity index (χ3n) is 2.73. The van der Waals surface area contributed by atoms with Gasteiger partial charge in [0.25, 0.3) is 0 Å². The molecule has 0 saturated carbocycles. The number of rotatable bonds is 4. The Hall–Kier alpha value is -1.94. The molecule has 3 N–H and O–H groups in total. The van der Waals surface area contributed by atoms with Gasteiger partial charge >= 0.3 is 0 Å². The zero-order valence-electron chi connectivity index (χ0n) is 10.7. The molecule has 3 nitrogen and oxygen atoms in total. The second-order valence-corrected chi connectivity index (χ2v) is 5.01. The third-order valence-corrected chi connectivity index (χ3v) is 3.52. The van der Waals surface area contributed by atoms with E-state index in [2.05, 4.69) is 5.32 Å². The molecule has 0 aliphatic heterocycles. The minimum absolute atomic E-state index is 0.0220. The van der Waals surface area contributed by atoms with Crippen LogP contribution in [0.1, 0.15) is 5.56 Å². The van der Waals surface area contributed by atoms with E-state index in [0.717, 1.165) is 16.1 Å². The van der Waals surface area contributed by atoms with Crippen LogP contribution in [-0.4, -0.2) is 12.2 Å². The summed E-state index contributed by atoms with van der Waals surface area (Å²) in [4.78, 5) is 13.0. The third kappa shape index (κ3) is 3.76. The summed E-state index contributed by atoms with van der Waals surface area (Å²) in [5, 5.41) is 2.93. The number of carbonyl (C=O) groups is 1. The summed E-state index contributed by atoms with van der Waals surface area (Å²) >= 11 is 1.61. The fraction of sp³-hybridized carbons (Fsp3) is 0.133. The lowest BCUT2D eigenvalue weighted by atomic mass is 10.1. The van der Waals surface area contributed by atoms with E-state index in [1.54, 1.807) is 23.9 Å².